The van der Waals surface area contributed by atoms with Crippen LogP contribution in [0, 0.1) is 0 Å². The third-order valence-corrected chi connectivity index (χ3v) is 4.36. The Labute approximate surface area is 145 Å². The topological polar surface area (TPSA) is 94.2 Å². The number of nitrogens with two attached hydrogens (primary N) is 1. The van der Waals surface area contributed by atoms with E-state index in [4.69, 9.17) is 5.73 Å². The zero-order valence-electron chi connectivity index (χ0n) is 12.0. The van der Waals surface area contributed by atoms with Gasteiger partial charge in [0.2, 0.25) is 11.8 Å². The molecule has 2 amide bonds. The number of pyridine rings is 1. The number of primary amides is 1. The molecule has 0 radical (unpaired) electrons. The summed E-state index contributed by atoms with van der Waals surface area (Å²) in [6.45, 7) is -0.104. The molecule has 1 aromatic carbocycles. The zero-order chi connectivity index (χ0) is 16.8. The van der Waals surface area contributed by atoms with Gasteiger partial charge < -0.3 is 15.6 Å². The van der Waals surface area contributed by atoms with Crippen molar-refractivity contribution in [3.05, 3.63) is 57.4 Å². The van der Waals surface area contributed by atoms with Crippen LogP contribution >= 0.6 is 27.7 Å². The van der Waals surface area contributed by atoms with Crippen molar-refractivity contribution in [1.82, 2.24) is 4.57 Å². The highest BCUT2D eigenvalue weighted by molar-refractivity contribution is 9.10. The van der Waals surface area contributed by atoms with Crippen molar-refractivity contribution in [1.29, 1.82) is 0 Å². The monoisotopic (exact) mass is 395 g/mol. The largest absolute Gasteiger partial charge is 0.369 e. The van der Waals surface area contributed by atoms with Gasteiger partial charge in [0.1, 0.15) is 6.54 Å². The van der Waals surface area contributed by atoms with Gasteiger partial charge in [0.25, 0.3) is 5.56 Å². The van der Waals surface area contributed by atoms with Crippen LogP contribution in [-0.2, 0) is 16.1 Å². The predicted molar refractivity (Wildman–Crippen MR) is 93.4 cm³/mol. The quantitative estimate of drug-likeness (QED) is 0.729. The summed E-state index contributed by atoms with van der Waals surface area (Å²) in [5.74, 6) is -0.646. The molecule has 120 valence electrons. The summed E-state index contributed by atoms with van der Waals surface area (Å²) in [4.78, 5) is 35.5. The third kappa shape index (κ3) is 5.26. The van der Waals surface area contributed by atoms with Crippen LogP contribution in [0.2, 0.25) is 0 Å². The lowest BCUT2D eigenvalue weighted by Gasteiger charge is -2.11. The van der Waals surface area contributed by atoms with Gasteiger partial charge in [-0.05, 0) is 34.1 Å². The molecule has 8 heteroatoms. The van der Waals surface area contributed by atoms with E-state index in [9.17, 15) is 14.4 Å². The normalized spacial score (nSPS) is 10.3. The summed E-state index contributed by atoms with van der Waals surface area (Å²) in [6.07, 6.45) is 1.55. The lowest BCUT2D eigenvalue weighted by atomic mass is 10.3. The second-order valence-corrected chi connectivity index (χ2v) is 6.55. The first-order valence-corrected chi connectivity index (χ1v) is 8.39. The van der Waals surface area contributed by atoms with Gasteiger partial charge in [-0.25, -0.2) is 0 Å². The van der Waals surface area contributed by atoms with E-state index in [1.807, 2.05) is 0 Å². The minimum absolute atomic E-state index is 0.104. The molecule has 1 heterocycles. The molecule has 0 aliphatic rings. The highest BCUT2D eigenvalue weighted by Crippen LogP contribution is 2.26. The maximum absolute atomic E-state index is 12.1. The second kappa shape index (κ2) is 7.98. The average Bonchev–Trinajstić information content (AvgIpc) is 2.50. The Bertz CT molecular complexity index is 792. The van der Waals surface area contributed by atoms with E-state index in [0.29, 0.717) is 10.2 Å². The summed E-state index contributed by atoms with van der Waals surface area (Å²) in [6, 6.07) is 10.1. The summed E-state index contributed by atoms with van der Waals surface area (Å²) < 4.78 is 2.01. The third-order valence-electron chi connectivity index (χ3n) is 2.79. The molecule has 0 aliphatic carbocycles. The van der Waals surface area contributed by atoms with E-state index in [-0.39, 0.29) is 23.8 Å². The summed E-state index contributed by atoms with van der Waals surface area (Å²) in [5, 5.41) is 2.74. The van der Waals surface area contributed by atoms with Crippen LogP contribution in [0.4, 0.5) is 5.69 Å². The fourth-order valence-corrected chi connectivity index (χ4v) is 2.94. The standard InChI is InChI=1S/C15H14BrN3O3S/c16-10-5-6-15(22)19(7-10)8-14(21)18-11-3-1-2-4-12(11)23-9-13(17)20/h1-7H,8-9H2,(H2,17,20)(H,18,21). The molecule has 0 fully saturated rings. The van der Waals surface area contributed by atoms with Crippen LogP contribution in [0.5, 0.6) is 0 Å². The highest BCUT2D eigenvalue weighted by atomic mass is 79.9. The van der Waals surface area contributed by atoms with Gasteiger partial charge >= 0.3 is 0 Å². The highest BCUT2D eigenvalue weighted by Gasteiger charge is 2.09. The van der Waals surface area contributed by atoms with Gasteiger partial charge in [0.15, 0.2) is 0 Å². The van der Waals surface area contributed by atoms with Gasteiger partial charge in [-0.1, -0.05) is 12.1 Å². The fraction of sp³-hybridized carbons (Fsp3) is 0.133. The van der Waals surface area contributed by atoms with Crippen LogP contribution in [0.15, 0.2) is 56.8 Å². The predicted octanol–water partition coefficient (Wildman–Crippen LogP) is 1.83. The molecule has 2 aromatic rings. The van der Waals surface area contributed by atoms with E-state index in [1.165, 1.54) is 22.4 Å². The maximum atomic E-state index is 12.1. The van der Waals surface area contributed by atoms with Crippen LogP contribution in [0.1, 0.15) is 0 Å². The minimum Gasteiger partial charge on any atom is -0.369 e. The first-order chi connectivity index (χ1) is 11.0. The van der Waals surface area contributed by atoms with Gasteiger partial charge in [-0.15, -0.1) is 11.8 Å². The van der Waals surface area contributed by atoms with E-state index >= 15 is 0 Å². The van der Waals surface area contributed by atoms with Crippen molar-refractivity contribution in [3.8, 4) is 0 Å². The number of hydrogen-bond acceptors (Lipinski definition) is 4. The number of aromatic nitrogens is 1. The minimum atomic E-state index is -0.434. The Balaban J connectivity index is 2.09. The van der Waals surface area contributed by atoms with Crippen LogP contribution in [0.25, 0.3) is 0 Å². The molecule has 0 atom stereocenters. The summed E-state index contributed by atoms with van der Waals surface area (Å²) in [7, 11) is 0. The SMILES string of the molecule is NC(=O)CSc1ccccc1NC(=O)Cn1cc(Br)ccc1=O. The first kappa shape index (κ1) is 17.3. The fourth-order valence-electron chi connectivity index (χ4n) is 1.81. The summed E-state index contributed by atoms with van der Waals surface area (Å²) in [5.41, 5.74) is 5.45. The second-order valence-electron chi connectivity index (χ2n) is 4.61. The van der Waals surface area contributed by atoms with Crippen molar-refractivity contribution >= 4 is 45.2 Å². The number of carbonyl (C=O) groups is 2. The number of nitrogens with one attached hydrogen (secondary N) is 1. The van der Waals surface area contributed by atoms with Crippen molar-refractivity contribution in [2.75, 3.05) is 11.1 Å². The molecule has 0 aliphatic heterocycles. The van der Waals surface area contributed by atoms with Crippen molar-refractivity contribution in [2.24, 2.45) is 5.73 Å². The van der Waals surface area contributed by atoms with Gasteiger partial charge in [-0.3, -0.25) is 14.4 Å². The van der Waals surface area contributed by atoms with E-state index in [0.717, 1.165) is 4.90 Å². The molecule has 0 spiro atoms. The van der Waals surface area contributed by atoms with Crippen molar-refractivity contribution < 1.29 is 9.59 Å². The van der Waals surface area contributed by atoms with Crippen molar-refractivity contribution in [3.63, 3.8) is 0 Å². The smallest absolute Gasteiger partial charge is 0.251 e. The lowest BCUT2D eigenvalue weighted by molar-refractivity contribution is -0.117. The van der Waals surface area contributed by atoms with Gasteiger partial charge in [0, 0.05) is 21.6 Å². The number of amides is 2. The van der Waals surface area contributed by atoms with Gasteiger partial charge in [-0.2, -0.15) is 0 Å². The Morgan fingerprint density at radius 1 is 1.22 bits per heavy atom. The number of nitrogens with zero attached hydrogens (tertiary/aromatic N) is 1. The molecule has 23 heavy (non-hydrogen) atoms. The van der Waals surface area contributed by atoms with Gasteiger partial charge in [0.05, 0.1) is 11.4 Å². The number of thioether (sulfide) groups is 1. The van der Waals surface area contributed by atoms with Crippen LogP contribution in [0.3, 0.4) is 0 Å². The molecule has 0 unspecified atom stereocenters. The Hall–Kier alpha value is -2.06. The van der Waals surface area contributed by atoms with E-state index in [2.05, 4.69) is 21.2 Å². The lowest BCUT2D eigenvalue weighted by Crippen LogP contribution is -2.26. The molecular formula is C15H14BrN3O3S. The van der Waals surface area contributed by atoms with Crippen LogP contribution in [-0.4, -0.2) is 22.1 Å². The van der Waals surface area contributed by atoms with Crippen LogP contribution < -0.4 is 16.6 Å². The molecule has 6 nitrogen and oxygen atoms in total. The molecule has 0 bridgehead atoms. The molecule has 1 aromatic heterocycles. The molecule has 3 N–H and O–H groups in total. The maximum Gasteiger partial charge on any atom is 0.251 e. The molecule has 0 saturated carbocycles. The zero-order valence-corrected chi connectivity index (χ0v) is 14.4. The van der Waals surface area contributed by atoms with Crippen molar-refractivity contribution in [2.45, 2.75) is 11.4 Å². The number of rotatable bonds is 6. The number of benzene rings is 1. The Morgan fingerprint density at radius 2 is 1.96 bits per heavy atom. The number of hydrogen-bond donors (Lipinski definition) is 2. The Morgan fingerprint density at radius 3 is 2.70 bits per heavy atom. The van der Waals surface area contributed by atoms with E-state index in [1.54, 1.807) is 36.5 Å². The number of carbonyl (C=O) groups excluding carboxylic acids is 2. The van der Waals surface area contributed by atoms with E-state index < -0.39 is 5.91 Å². The number of anilines is 1. The molecule has 2 rings (SSSR count). The number of halogens is 1. The summed E-state index contributed by atoms with van der Waals surface area (Å²) >= 11 is 4.50. The number of para-hydroxylation sites is 1. The Kier molecular flexibility index (Phi) is 6.00. The average molecular weight is 396 g/mol. The molecular weight excluding hydrogens is 382 g/mol. The first-order valence-electron chi connectivity index (χ1n) is 6.61. The molecule has 0 saturated heterocycles.